The molecule has 8 nitrogen and oxygen atoms in total. The van der Waals surface area contributed by atoms with Gasteiger partial charge >= 0.3 is 11.7 Å². The van der Waals surface area contributed by atoms with E-state index in [0.717, 1.165) is 17.7 Å². The van der Waals surface area contributed by atoms with Crippen LogP contribution in [0.15, 0.2) is 63.5 Å². The first-order chi connectivity index (χ1) is 17.6. The highest BCUT2D eigenvalue weighted by Gasteiger charge is 2.22. The quantitative estimate of drug-likeness (QED) is 0.254. The largest absolute Gasteiger partial charge is 0.507 e. The van der Waals surface area contributed by atoms with E-state index >= 15 is 0 Å². The Balaban J connectivity index is 2.03. The number of hydrogen-bond acceptors (Lipinski definition) is 7. The topological polar surface area (TPSA) is 115 Å². The molecule has 0 aliphatic rings. The summed E-state index contributed by atoms with van der Waals surface area (Å²) in [6, 6.07) is 8.98. The van der Waals surface area contributed by atoms with Gasteiger partial charge in [0.05, 0.1) is 13.7 Å². The van der Waals surface area contributed by atoms with Crippen molar-refractivity contribution in [1.82, 2.24) is 5.32 Å². The van der Waals surface area contributed by atoms with Gasteiger partial charge in [-0.3, -0.25) is 10.1 Å². The third-order valence-corrected chi connectivity index (χ3v) is 5.80. The molecule has 200 valence electrons. The number of alkyl carbamates (subject to hydrolysis) is 1. The second kappa shape index (κ2) is 14.7. The highest BCUT2D eigenvalue weighted by atomic mass is 16.5. The van der Waals surface area contributed by atoms with Gasteiger partial charge in [-0.15, -0.1) is 0 Å². The average molecular weight is 512 g/mol. The molecule has 0 fully saturated rings. The average Bonchev–Trinajstić information content (AvgIpc) is 2.86. The molecular formula is C29H37NO7. The summed E-state index contributed by atoms with van der Waals surface area (Å²) in [7, 11) is 1.27. The monoisotopic (exact) mass is 511 g/mol. The molecule has 0 spiro atoms. The van der Waals surface area contributed by atoms with E-state index in [1.807, 2.05) is 31.2 Å². The maximum atomic E-state index is 12.9. The molecule has 1 heterocycles. The van der Waals surface area contributed by atoms with Gasteiger partial charge in [-0.2, -0.15) is 0 Å². The van der Waals surface area contributed by atoms with Crippen LogP contribution in [0, 0.1) is 5.92 Å². The van der Waals surface area contributed by atoms with Gasteiger partial charge in [0.15, 0.2) is 5.78 Å². The predicted molar refractivity (Wildman–Crippen MR) is 142 cm³/mol. The molecule has 1 unspecified atom stereocenters. The number of ketones is 1. The molecule has 2 N–H and O–H groups in total. The number of nitrogens with one attached hydrogen (secondary N) is 1. The first-order valence-corrected chi connectivity index (χ1v) is 12.4. The van der Waals surface area contributed by atoms with Crippen molar-refractivity contribution in [1.29, 1.82) is 0 Å². The molecular weight excluding hydrogens is 474 g/mol. The lowest BCUT2D eigenvalue weighted by Gasteiger charge is -2.11. The molecule has 8 heteroatoms. The zero-order valence-corrected chi connectivity index (χ0v) is 22.2. The van der Waals surface area contributed by atoms with Crippen LogP contribution < -0.4 is 15.7 Å². The number of carbonyl (C=O) groups excluding carboxylic acids is 2. The summed E-state index contributed by atoms with van der Waals surface area (Å²) in [6.45, 7) is 8.37. The summed E-state index contributed by atoms with van der Waals surface area (Å²) < 4.78 is 15.6. The van der Waals surface area contributed by atoms with Crippen LogP contribution in [0.5, 0.6) is 11.5 Å². The van der Waals surface area contributed by atoms with Crippen LogP contribution in [-0.2, 0) is 11.2 Å². The molecule has 37 heavy (non-hydrogen) atoms. The summed E-state index contributed by atoms with van der Waals surface area (Å²) >= 11 is 0. The molecule has 0 aliphatic carbocycles. The SMILES string of the molecule is COC(=O)N/C=C/CCC(C)c1cc(O)c(C(=O)/C(C)=C\Cc2cccc(OCCC(C)C)c2)c(=O)o1. The predicted octanol–water partition coefficient (Wildman–Crippen LogP) is 5.90. The van der Waals surface area contributed by atoms with Gasteiger partial charge in [-0.25, -0.2) is 9.59 Å². The van der Waals surface area contributed by atoms with E-state index in [2.05, 4.69) is 23.9 Å². The normalized spacial score (nSPS) is 12.5. The van der Waals surface area contributed by atoms with E-state index in [1.54, 1.807) is 19.1 Å². The maximum absolute atomic E-state index is 12.9. The van der Waals surface area contributed by atoms with Gasteiger partial charge in [0.2, 0.25) is 0 Å². The van der Waals surface area contributed by atoms with Gasteiger partial charge in [0, 0.05) is 18.2 Å². The minimum atomic E-state index is -0.872. The summed E-state index contributed by atoms with van der Waals surface area (Å²) in [6.07, 6.45) is 6.98. The Bertz CT molecular complexity index is 1180. The second-order valence-corrected chi connectivity index (χ2v) is 9.31. The smallest absolute Gasteiger partial charge is 0.410 e. The van der Waals surface area contributed by atoms with Crippen LogP contribution in [0.2, 0.25) is 0 Å². The molecule has 1 amide bonds. The highest BCUT2D eigenvalue weighted by molar-refractivity contribution is 6.09. The van der Waals surface area contributed by atoms with Crippen LogP contribution in [0.1, 0.15) is 74.6 Å². The number of allylic oxidation sites excluding steroid dienone is 3. The fourth-order valence-corrected chi connectivity index (χ4v) is 3.44. The summed E-state index contributed by atoms with van der Waals surface area (Å²) in [4.78, 5) is 36.5. The molecule has 1 atom stereocenters. The third-order valence-electron chi connectivity index (χ3n) is 5.80. The highest BCUT2D eigenvalue weighted by Crippen LogP contribution is 2.26. The Kier molecular flexibility index (Phi) is 11.7. The Hall–Kier alpha value is -3.81. The molecule has 0 saturated heterocycles. The zero-order valence-electron chi connectivity index (χ0n) is 22.2. The molecule has 0 aliphatic heterocycles. The lowest BCUT2D eigenvalue weighted by Crippen LogP contribution is -2.17. The number of amides is 1. The Labute approximate surface area is 218 Å². The van der Waals surface area contributed by atoms with Crippen LogP contribution >= 0.6 is 0 Å². The molecule has 2 rings (SSSR count). The Morgan fingerprint density at radius 2 is 1.92 bits per heavy atom. The number of Topliss-reactive ketones (excluding diaryl/α,β-unsaturated/α-hetero) is 1. The fraction of sp³-hybridized carbons (Fsp3) is 0.414. The number of carbonyl (C=O) groups is 2. The van der Waals surface area contributed by atoms with Gasteiger partial charge in [0.25, 0.3) is 0 Å². The van der Waals surface area contributed by atoms with Crippen molar-refractivity contribution in [2.75, 3.05) is 13.7 Å². The molecule has 0 saturated carbocycles. The molecule has 1 aromatic heterocycles. The Morgan fingerprint density at radius 1 is 1.16 bits per heavy atom. The molecule has 1 aromatic carbocycles. The molecule has 0 bridgehead atoms. The number of ether oxygens (including phenoxy) is 2. The molecule has 2 aromatic rings. The first-order valence-electron chi connectivity index (χ1n) is 12.4. The van der Waals surface area contributed by atoms with Crippen molar-refractivity contribution >= 4 is 11.9 Å². The lowest BCUT2D eigenvalue weighted by atomic mass is 9.99. The summed E-state index contributed by atoms with van der Waals surface area (Å²) in [5, 5.41) is 12.9. The minimum Gasteiger partial charge on any atom is -0.507 e. The van der Waals surface area contributed by atoms with Gasteiger partial charge in [-0.05, 0) is 61.8 Å². The second-order valence-electron chi connectivity index (χ2n) is 9.31. The van der Waals surface area contributed by atoms with Crippen LogP contribution in [0.25, 0.3) is 0 Å². The van der Waals surface area contributed by atoms with Crippen molar-refractivity contribution in [3.63, 3.8) is 0 Å². The van der Waals surface area contributed by atoms with E-state index in [1.165, 1.54) is 19.4 Å². The first kappa shape index (κ1) is 29.4. The summed E-state index contributed by atoms with van der Waals surface area (Å²) in [5.74, 6) is 0.436. The van der Waals surface area contributed by atoms with Crippen molar-refractivity contribution in [3.05, 3.63) is 81.6 Å². The van der Waals surface area contributed by atoms with E-state index in [4.69, 9.17) is 9.15 Å². The number of rotatable bonds is 13. The number of methoxy groups -OCH3 is 1. The van der Waals surface area contributed by atoms with Crippen LogP contribution in [0.3, 0.4) is 0 Å². The number of aromatic hydroxyl groups is 1. The fourth-order valence-electron chi connectivity index (χ4n) is 3.44. The van der Waals surface area contributed by atoms with Crippen molar-refractivity contribution < 1.29 is 28.6 Å². The third kappa shape index (κ3) is 9.63. The lowest BCUT2D eigenvalue weighted by molar-refractivity contribution is 0.102. The van der Waals surface area contributed by atoms with Crippen LogP contribution in [0.4, 0.5) is 4.79 Å². The van der Waals surface area contributed by atoms with E-state index in [-0.39, 0.29) is 17.2 Å². The minimum absolute atomic E-state index is 0.197. The standard InChI is InChI=1S/C29H37NO7/c1-19(2)14-16-36-23-11-8-10-22(17-23)13-12-21(4)27(32)26-24(31)18-25(37-28(26)33)20(3)9-6-7-15-30-29(34)35-5/h7-8,10-12,15,17-20,31H,6,9,13-14,16H2,1-5H3,(H,30,34)/b15-7+,21-12-. The molecule has 0 radical (unpaired) electrons. The van der Waals surface area contributed by atoms with E-state index < -0.39 is 23.3 Å². The Morgan fingerprint density at radius 3 is 2.59 bits per heavy atom. The van der Waals surface area contributed by atoms with Crippen molar-refractivity contribution in [2.24, 2.45) is 5.92 Å². The number of hydrogen-bond donors (Lipinski definition) is 2. The zero-order chi connectivity index (χ0) is 27.4. The van der Waals surface area contributed by atoms with Crippen molar-refractivity contribution in [3.8, 4) is 11.5 Å². The number of benzene rings is 1. The maximum Gasteiger partial charge on any atom is 0.410 e. The van der Waals surface area contributed by atoms with Gasteiger partial charge in [0.1, 0.15) is 22.8 Å². The van der Waals surface area contributed by atoms with E-state index in [9.17, 15) is 19.5 Å². The van der Waals surface area contributed by atoms with Crippen molar-refractivity contribution in [2.45, 2.75) is 59.3 Å². The summed E-state index contributed by atoms with van der Waals surface area (Å²) in [5.41, 5.74) is 0.0453. The van der Waals surface area contributed by atoms with Gasteiger partial charge < -0.3 is 19.0 Å². The van der Waals surface area contributed by atoms with E-state index in [0.29, 0.717) is 37.4 Å². The van der Waals surface area contributed by atoms with Gasteiger partial charge in [-0.1, -0.05) is 45.1 Å². The van der Waals surface area contributed by atoms with Crippen LogP contribution in [-0.4, -0.2) is 30.7 Å².